The van der Waals surface area contributed by atoms with Crippen LogP contribution in [0.2, 0.25) is 10.0 Å². The highest BCUT2D eigenvalue weighted by Gasteiger charge is 2.28. The quantitative estimate of drug-likeness (QED) is 0.694. The van der Waals surface area contributed by atoms with Gasteiger partial charge in [-0.2, -0.15) is 0 Å². The van der Waals surface area contributed by atoms with E-state index in [2.05, 4.69) is 4.98 Å². The number of carbonyl (C=O) groups excluding carboxylic acids is 1. The molecule has 0 aliphatic carbocycles. The van der Waals surface area contributed by atoms with E-state index in [0.29, 0.717) is 22.2 Å². The van der Waals surface area contributed by atoms with Gasteiger partial charge >= 0.3 is 0 Å². The van der Waals surface area contributed by atoms with Crippen LogP contribution < -0.4 is 0 Å². The first-order chi connectivity index (χ1) is 12.1. The zero-order valence-electron chi connectivity index (χ0n) is 13.5. The zero-order valence-corrected chi connectivity index (χ0v) is 15.0. The lowest BCUT2D eigenvalue weighted by atomic mass is 9.96. The number of aromatic nitrogens is 2. The number of nitrogens with zero attached hydrogens (tertiary/aromatic N) is 2. The van der Waals surface area contributed by atoms with Gasteiger partial charge in [0.15, 0.2) is 0 Å². The molecule has 2 heterocycles. The molecule has 1 N–H and O–H groups in total. The molecule has 0 unspecified atom stereocenters. The van der Waals surface area contributed by atoms with Crippen LogP contribution >= 0.6 is 23.2 Å². The summed E-state index contributed by atoms with van der Waals surface area (Å²) in [5.41, 5.74) is 2.49. The number of fused-ring (bicyclic) bond motifs is 1. The second kappa shape index (κ2) is 6.70. The van der Waals surface area contributed by atoms with E-state index in [1.165, 1.54) is 0 Å². The molecule has 6 heteroatoms. The molecule has 1 saturated heterocycles. The molecule has 25 heavy (non-hydrogen) atoms. The van der Waals surface area contributed by atoms with Crippen molar-refractivity contribution < 1.29 is 4.79 Å². The van der Waals surface area contributed by atoms with Crippen molar-refractivity contribution in [2.45, 2.75) is 18.8 Å². The highest BCUT2D eigenvalue weighted by Crippen LogP contribution is 2.29. The van der Waals surface area contributed by atoms with Crippen LogP contribution in [0.25, 0.3) is 11.0 Å². The Morgan fingerprint density at radius 2 is 2.04 bits per heavy atom. The zero-order chi connectivity index (χ0) is 17.4. The largest absolute Gasteiger partial charge is 0.342 e. The smallest absolute Gasteiger partial charge is 0.255 e. The van der Waals surface area contributed by atoms with Gasteiger partial charge in [-0.05, 0) is 43.2 Å². The molecule has 1 aliphatic rings. The molecule has 2 aromatic carbocycles. The topological polar surface area (TPSA) is 49.0 Å². The number of hydrogen-bond donors (Lipinski definition) is 1. The predicted molar refractivity (Wildman–Crippen MR) is 100 cm³/mol. The summed E-state index contributed by atoms with van der Waals surface area (Å²) in [6.45, 7) is 1.37. The third-order valence-corrected chi connectivity index (χ3v) is 5.21. The standard InChI is InChI=1S/C19H17Cl2N3O/c20-13-7-8-14(15(21)10-13)19(25)24-9-3-4-12(11-24)18-22-16-5-1-2-6-17(16)23-18/h1-2,5-8,10,12H,3-4,9,11H2,(H,22,23)/t12-/m0/s1. The van der Waals surface area contributed by atoms with E-state index in [0.717, 1.165) is 36.2 Å². The van der Waals surface area contributed by atoms with E-state index in [1.54, 1.807) is 18.2 Å². The van der Waals surface area contributed by atoms with Crippen molar-refractivity contribution in [3.63, 3.8) is 0 Å². The first-order valence-electron chi connectivity index (χ1n) is 8.31. The average Bonchev–Trinajstić information content (AvgIpc) is 3.05. The number of halogens is 2. The molecule has 0 spiro atoms. The summed E-state index contributed by atoms with van der Waals surface area (Å²) < 4.78 is 0. The Kier molecular flexibility index (Phi) is 4.40. The van der Waals surface area contributed by atoms with Crippen molar-refractivity contribution in [2.75, 3.05) is 13.1 Å². The minimum Gasteiger partial charge on any atom is -0.342 e. The van der Waals surface area contributed by atoms with Crippen LogP contribution in [0, 0.1) is 0 Å². The third-order valence-electron chi connectivity index (χ3n) is 4.66. The van der Waals surface area contributed by atoms with Crippen molar-refractivity contribution in [1.82, 2.24) is 14.9 Å². The lowest BCUT2D eigenvalue weighted by Crippen LogP contribution is -2.39. The summed E-state index contributed by atoms with van der Waals surface area (Å²) in [5, 5.41) is 0.920. The van der Waals surface area contributed by atoms with Gasteiger partial charge in [-0.15, -0.1) is 0 Å². The number of benzene rings is 2. The monoisotopic (exact) mass is 373 g/mol. The number of hydrogen-bond acceptors (Lipinski definition) is 2. The average molecular weight is 374 g/mol. The molecule has 4 nitrogen and oxygen atoms in total. The van der Waals surface area contributed by atoms with Crippen LogP contribution in [0.4, 0.5) is 0 Å². The minimum atomic E-state index is -0.0533. The number of piperidine rings is 1. The normalized spacial score (nSPS) is 17.8. The fourth-order valence-electron chi connectivity index (χ4n) is 3.38. The number of rotatable bonds is 2. The number of nitrogens with one attached hydrogen (secondary N) is 1. The Hall–Kier alpha value is -2.04. The molecule has 1 fully saturated rings. The number of likely N-dealkylation sites (tertiary alicyclic amines) is 1. The fourth-order valence-corrected chi connectivity index (χ4v) is 3.87. The summed E-state index contributed by atoms with van der Waals surface area (Å²) in [4.78, 5) is 22.8. The van der Waals surface area contributed by atoms with E-state index in [4.69, 9.17) is 28.2 Å². The number of H-pyrrole nitrogens is 1. The molecule has 128 valence electrons. The van der Waals surface area contributed by atoms with Crippen LogP contribution in [-0.2, 0) is 0 Å². The number of aromatic amines is 1. The van der Waals surface area contributed by atoms with Crippen LogP contribution in [0.1, 0.15) is 34.9 Å². The molecule has 1 atom stereocenters. The van der Waals surface area contributed by atoms with Crippen molar-refractivity contribution >= 4 is 40.1 Å². The number of para-hydroxylation sites is 2. The lowest BCUT2D eigenvalue weighted by molar-refractivity contribution is 0.0705. The molecular weight excluding hydrogens is 357 g/mol. The molecule has 3 aromatic rings. The Balaban J connectivity index is 1.57. The van der Waals surface area contributed by atoms with E-state index < -0.39 is 0 Å². The summed E-state index contributed by atoms with van der Waals surface area (Å²) in [5.74, 6) is 1.10. The number of imidazole rings is 1. The van der Waals surface area contributed by atoms with E-state index >= 15 is 0 Å². The highest BCUT2D eigenvalue weighted by molar-refractivity contribution is 6.36. The van der Waals surface area contributed by atoms with Gasteiger partial charge in [-0.3, -0.25) is 4.79 Å². The molecule has 4 rings (SSSR count). The van der Waals surface area contributed by atoms with Gasteiger partial charge in [0.25, 0.3) is 5.91 Å². The van der Waals surface area contributed by atoms with Crippen molar-refractivity contribution in [3.8, 4) is 0 Å². The summed E-state index contributed by atoms with van der Waals surface area (Å²) >= 11 is 12.1. The molecule has 1 aliphatic heterocycles. The van der Waals surface area contributed by atoms with Crippen molar-refractivity contribution in [1.29, 1.82) is 0 Å². The Morgan fingerprint density at radius 3 is 2.84 bits per heavy atom. The van der Waals surface area contributed by atoms with Gasteiger partial charge in [0, 0.05) is 24.0 Å². The third kappa shape index (κ3) is 3.24. The maximum absolute atomic E-state index is 12.8. The highest BCUT2D eigenvalue weighted by atomic mass is 35.5. The van der Waals surface area contributed by atoms with Crippen LogP contribution in [-0.4, -0.2) is 33.9 Å². The van der Waals surface area contributed by atoms with Crippen LogP contribution in [0.5, 0.6) is 0 Å². The lowest BCUT2D eigenvalue weighted by Gasteiger charge is -2.32. The second-order valence-electron chi connectivity index (χ2n) is 6.35. The molecular formula is C19H17Cl2N3O. The Bertz CT molecular complexity index is 904. The van der Waals surface area contributed by atoms with Gasteiger partial charge < -0.3 is 9.88 Å². The maximum atomic E-state index is 12.8. The van der Waals surface area contributed by atoms with Gasteiger partial charge in [-0.1, -0.05) is 35.3 Å². The molecule has 0 radical (unpaired) electrons. The Morgan fingerprint density at radius 1 is 1.20 bits per heavy atom. The van der Waals surface area contributed by atoms with Crippen LogP contribution in [0.15, 0.2) is 42.5 Å². The van der Waals surface area contributed by atoms with Gasteiger partial charge in [0.1, 0.15) is 5.82 Å². The van der Waals surface area contributed by atoms with E-state index in [9.17, 15) is 4.79 Å². The first kappa shape index (κ1) is 16.4. The summed E-state index contributed by atoms with van der Waals surface area (Å²) in [7, 11) is 0. The minimum absolute atomic E-state index is 0.0533. The SMILES string of the molecule is O=C(c1ccc(Cl)cc1Cl)N1CCC[C@H](c2nc3ccccc3[nH]2)C1. The fraction of sp³-hybridized carbons (Fsp3) is 0.263. The maximum Gasteiger partial charge on any atom is 0.255 e. The van der Waals surface area contributed by atoms with Crippen LogP contribution in [0.3, 0.4) is 0 Å². The number of carbonyl (C=O) groups is 1. The van der Waals surface area contributed by atoms with Gasteiger partial charge in [0.2, 0.25) is 0 Å². The van der Waals surface area contributed by atoms with Crippen molar-refractivity contribution in [3.05, 3.63) is 63.9 Å². The molecule has 0 bridgehead atoms. The predicted octanol–water partition coefficient (Wildman–Crippen LogP) is 4.89. The van der Waals surface area contributed by atoms with Gasteiger partial charge in [0.05, 0.1) is 21.6 Å². The van der Waals surface area contributed by atoms with E-state index in [1.807, 2.05) is 29.2 Å². The first-order valence-corrected chi connectivity index (χ1v) is 9.06. The van der Waals surface area contributed by atoms with Crippen molar-refractivity contribution in [2.24, 2.45) is 0 Å². The Labute approximate surface area is 155 Å². The molecule has 0 saturated carbocycles. The second-order valence-corrected chi connectivity index (χ2v) is 7.20. The molecule has 1 aromatic heterocycles. The van der Waals surface area contributed by atoms with Gasteiger partial charge in [-0.25, -0.2) is 4.98 Å². The summed E-state index contributed by atoms with van der Waals surface area (Å²) in [6.07, 6.45) is 1.95. The number of amides is 1. The molecule has 1 amide bonds. The van der Waals surface area contributed by atoms with E-state index in [-0.39, 0.29) is 11.8 Å². The summed E-state index contributed by atoms with van der Waals surface area (Å²) in [6, 6.07) is 13.0.